The quantitative estimate of drug-likeness (QED) is 0.890. The maximum atomic E-state index is 13.2. The molecule has 0 bridgehead atoms. The molecule has 3 N–H and O–H groups in total. The molecule has 124 valence electrons. The van der Waals surface area contributed by atoms with E-state index < -0.39 is 17.2 Å². The van der Waals surface area contributed by atoms with Crippen LogP contribution < -0.4 is 11.1 Å². The number of nitrogens with one attached hydrogen (secondary N) is 1. The molecule has 3 unspecified atom stereocenters. The van der Waals surface area contributed by atoms with E-state index in [0.717, 1.165) is 37.8 Å². The third kappa shape index (κ3) is 4.17. The zero-order valence-corrected chi connectivity index (χ0v) is 13.7. The van der Waals surface area contributed by atoms with Gasteiger partial charge in [0.1, 0.15) is 0 Å². The van der Waals surface area contributed by atoms with Crippen LogP contribution in [0.4, 0.5) is 8.78 Å². The Hall–Kier alpha value is -1.20. The van der Waals surface area contributed by atoms with Crippen molar-refractivity contribution < 1.29 is 13.6 Å². The topological polar surface area (TPSA) is 55.1 Å². The average molecular weight is 333 g/mol. The lowest BCUT2D eigenvalue weighted by atomic mass is 9.74. The highest BCUT2D eigenvalue weighted by atomic mass is 35.5. The Labute approximate surface area is 136 Å². The number of nitrogens with two attached hydrogens (primary N) is 1. The van der Waals surface area contributed by atoms with Gasteiger partial charge < -0.3 is 11.1 Å². The Kier molecular flexibility index (Phi) is 6.32. The standard InChI is InChI=1S/C16H22F2N2O.ClH/c1-10(11-6-7-13(17)14(18)9-11)20-15(21)12-5-3-4-8-16(12,2)19;/h6-7,9-10,12H,3-5,8,19H2,1-2H3,(H,20,21);1H. The fourth-order valence-electron chi connectivity index (χ4n) is 2.97. The van der Waals surface area contributed by atoms with Crippen molar-refractivity contribution in [1.82, 2.24) is 5.32 Å². The summed E-state index contributed by atoms with van der Waals surface area (Å²) in [5, 5.41) is 2.86. The number of carbonyl (C=O) groups is 1. The summed E-state index contributed by atoms with van der Waals surface area (Å²) in [6.07, 6.45) is 3.62. The molecule has 1 amide bonds. The lowest BCUT2D eigenvalue weighted by Crippen LogP contribution is -2.53. The highest BCUT2D eigenvalue weighted by molar-refractivity contribution is 5.85. The minimum Gasteiger partial charge on any atom is -0.349 e. The highest BCUT2D eigenvalue weighted by Crippen LogP contribution is 2.32. The molecule has 0 aliphatic heterocycles. The number of hydrogen-bond acceptors (Lipinski definition) is 2. The molecule has 0 saturated heterocycles. The van der Waals surface area contributed by atoms with Crippen LogP contribution >= 0.6 is 12.4 Å². The van der Waals surface area contributed by atoms with E-state index in [1.165, 1.54) is 6.07 Å². The number of hydrogen-bond donors (Lipinski definition) is 2. The molecule has 6 heteroatoms. The van der Waals surface area contributed by atoms with Gasteiger partial charge in [0.25, 0.3) is 0 Å². The first-order chi connectivity index (χ1) is 9.81. The third-order valence-corrected chi connectivity index (χ3v) is 4.37. The predicted octanol–water partition coefficient (Wildman–Crippen LogP) is 3.47. The molecule has 1 saturated carbocycles. The molecule has 3 atom stereocenters. The molecule has 1 aliphatic rings. The zero-order chi connectivity index (χ0) is 15.6. The van der Waals surface area contributed by atoms with E-state index in [9.17, 15) is 13.6 Å². The summed E-state index contributed by atoms with van der Waals surface area (Å²) in [5.41, 5.74) is 6.25. The van der Waals surface area contributed by atoms with Crippen LogP contribution in [0.25, 0.3) is 0 Å². The molecule has 0 radical (unpaired) electrons. The van der Waals surface area contributed by atoms with Gasteiger partial charge in [-0.3, -0.25) is 4.79 Å². The predicted molar refractivity (Wildman–Crippen MR) is 84.7 cm³/mol. The van der Waals surface area contributed by atoms with Crippen LogP contribution in [-0.4, -0.2) is 11.4 Å². The van der Waals surface area contributed by atoms with Crippen LogP contribution in [-0.2, 0) is 4.79 Å². The van der Waals surface area contributed by atoms with Crippen molar-refractivity contribution in [1.29, 1.82) is 0 Å². The summed E-state index contributed by atoms with van der Waals surface area (Å²) in [4.78, 5) is 12.4. The van der Waals surface area contributed by atoms with Gasteiger partial charge in [-0.2, -0.15) is 0 Å². The maximum absolute atomic E-state index is 13.2. The molecule has 1 fully saturated rings. The third-order valence-electron chi connectivity index (χ3n) is 4.37. The van der Waals surface area contributed by atoms with E-state index in [1.807, 2.05) is 6.92 Å². The van der Waals surface area contributed by atoms with Crippen molar-refractivity contribution in [3.05, 3.63) is 35.4 Å². The van der Waals surface area contributed by atoms with E-state index in [4.69, 9.17) is 5.73 Å². The van der Waals surface area contributed by atoms with Gasteiger partial charge in [0, 0.05) is 5.54 Å². The Morgan fingerprint density at radius 3 is 2.64 bits per heavy atom. The second-order valence-electron chi connectivity index (χ2n) is 6.21. The zero-order valence-electron chi connectivity index (χ0n) is 12.9. The molecular weight excluding hydrogens is 310 g/mol. The first kappa shape index (κ1) is 18.8. The van der Waals surface area contributed by atoms with E-state index >= 15 is 0 Å². The largest absolute Gasteiger partial charge is 0.349 e. The SMILES string of the molecule is CC(NC(=O)C1CCCCC1(C)N)c1ccc(F)c(F)c1.Cl. The van der Waals surface area contributed by atoms with Crippen molar-refractivity contribution in [2.75, 3.05) is 0 Å². The number of carbonyl (C=O) groups excluding carboxylic acids is 1. The van der Waals surface area contributed by atoms with E-state index in [2.05, 4.69) is 5.32 Å². The van der Waals surface area contributed by atoms with Gasteiger partial charge in [0.15, 0.2) is 11.6 Å². The Bertz CT molecular complexity index is 537. The fraction of sp³-hybridized carbons (Fsp3) is 0.562. The molecule has 3 nitrogen and oxygen atoms in total. The van der Waals surface area contributed by atoms with Gasteiger partial charge in [-0.25, -0.2) is 8.78 Å². The molecule has 1 aromatic rings. The summed E-state index contributed by atoms with van der Waals surface area (Å²) < 4.78 is 26.2. The van der Waals surface area contributed by atoms with Gasteiger partial charge in [-0.05, 0) is 44.4 Å². The van der Waals surface area contributed by atoms with Crippen LogP contribution in [0.5, 0.6) is 0 Å². The monoisotopic (exact) mass is 332 g/mol. The van der Waals surface area contributed by atoms with E-state index in [-0.39, 0.29) is 30.3 Å². The van der Waals surface area contributed by atoms with Crippen molar-refractivity contribution in [2.24, 2.45) is 11.7 Å². The number of amides is 1. The van der Waals surface area contributed by atoms with Crippen LogP contribution in [0.15, 0.2) is 18.2 Å². The van der Waals surface area contributed by atoms with Gasteiger partial charge >= 0.3 is 0 Å². The lowest BCUT2D eigenvalue weighted by molar-refractivity contribution is -0.128. The molecule has 1 aliphatic carbocycles. The normalized spacial score (nSPS) is 26.0. The minimum absolute atomic E-state index is 0. The summed E-state index contributed by atoms with van der Waals surface area (Å²) >= 11 is 0. The van der Waals surface area contributed by atoms with Crippen molar-refractivity contribution in [3.8, 4) is 0 Å². The second kappa shape index (κ2) is 7.38. The molecular formula is C16H23ClF2N2O. The van der Waals surface area contributed by atoms with Crippen LogP contribution in [0.2, 0.25) is 0 Å². The first-order valence-electron chi connectivity index (χ1n) is 7.35. The Morgan fingerprint density at radius 1 is 1.36 bits per heavy atom. The molecule has 0 heterocycles. The van der Waals surface area contributed by atoms with E-state index in [0.29, 0.717) is 5.56 Å². The average Bonchev–Trinajstić information content (AvgIpc) is 2.41. The Morgan fingerprint density at radius 2 is 2.05 bits per heavy atom. The molecule has 2 rings (SSSR count). The first-order valence-corrected chi connectivity index (χ1v) is 7.35. The van der Waals surface area contributed by atoms with Gasteiger partial charge in [0.2, 0.25) is 5.91 Å². The van der Waals surface area contributed by atoms with Crippen LogP contribution in [0, 0.1) is 17.6 Å². The van der Waals surface area contributed by atoms with Gasteiger partial charge in [-0.15, -0.1) is 12.4 Å². The Balaban J connectivity index is 0.00000242. The lowest BCUT2D eigenvalue weighted by Gasteiger charge is -2.37. The highest BCUT2D eigenvalue weighted by Gasteiger charge is 2.38. The summed E-state index contributed by atoms with van der Waals surface area (Å²) in [7, 11) is 0. The maximum Gasteiger partial charge on any atom is 0.225 e. The molecule has 0 aromatic heterocycles. The van der Waals surface area contributed by atoms with E-state index in [1.54, 1.807) is 6.92 Å². The second-order valence-corrected chi connectivity index (χ2v) is 6.21. The van der Waals surface area contributed by atoms with Gasteiger partial charge in [-0.1, -0.05) is 18.9 Å². The summed E-state index contributed by atoms with van der Waals surface area (Å²) in [6.45, 7) is 3.65. The number of benzene rings is 1. The molecule has 1 aromatic carbocycles. The minimum atomic E-state index is -0.907. The number of halogens is 3. The van der Waals surface area contributed by atoms with Crippen LogP contribution in [0.3, 0.4) is 0 Å². The number of rotatable bonds is 3. The fourth-order valence-corrected chi connectivity index (χ4v) is 2.97. The van der Waals surface area contributed by atoms with Gasteiger partial charge in [0.05, 0.1) is 12.0 Å². The van der Waals surface area contributed by atoms with Crippen LogP contribution in [0.1, 0.15) is 51.1 Å². The molecule has 22 heavy (non-hydrogen) atoms. The summed E-state index contributed by atoms with van der Waals surface area (Å²) in [6, 6.07) is 3.28. The molecule has 0 spiro atoms. The van der Waals surface area contributed by atoms with Crippen molar-refractivity contribution >= 4 is 18.3 Å². The van der Waals surface area contributed by atoms with Crippen molar-refractivity contribution in [3.63, 3.8) is 0 Å². The van der Waals surface area contributed by atoms with Crippen molar-refractivity contribution in [2.45, 2.75) is 51.1 Å². The smallest absolute Gasteiger partial charge is 0.225 e. The summed E-state index contributed by atoms with van der Waals surface area (Å²) in [5.74, 6) is -2.15.